The SMILES string of the molecule is CCNC(=NCc1ccc(Cl)cc1OC)NC1CCC(=O)N(C)C1.I. The molecule has 0 radical (unpaired) electrons. The Labute approximate surface area is 171 Å². The molecule has 1 heterocycles. The molecule has 1 aromatic carbocycles. The largest absolute Gasteiger partial charge is 0.496 e. The second-order valence-electron chi connectivity index (χ2n) is 5.81. The Morgan fingerprint density at radius 3 is 2.88 bits per heavy atom. The van der Waals surface area contributed by atoms with E-state index in [1.54, 1.807) is 18.1 Å². The van der Waals surface area contributed by atoms with Gasteiger partial charge in [-0.15, -0.1) is 24.0 Å². The first-order valence-corrected chi connectivity index (χ1v) is 8.52. The van der Waals surface area contributed by atoms with Crippen LogP contribution in [0.3, 0.4) is 0 Å². The molecular weight excluding hydrogens is 455 g/mol. The van der Waals surface area contributed by atoms with E-state index in [-0.39, 0.29) is 35.9 Å². The van der Waals surface area contributed by atoms with Crippen molar-refractivity contribution in [1.29, 1.82) is 0 Å². The van der Waals surface area contributed by atoms with Crippen molar-refractivity contribution >= 4 is 47.4 Å². The van der Waals surface area contributed by atoms with Gasteiger partial charge in [-0.25, -0.2) is 4.99 Å². The summed E-state index contributed by atoms with van der Waals surface area (Å²) in [6.07, 6.45) is 1.39. The number of ether oxygens (including phenoxy) is 1. The standard InChI is InChI=1S/C17H25ClN4O2.HI/c1-4-19-17(21-14-7-8-16(23)22(2)11-14)20-10-12-5-6-13(18)9-15(12)24-3;/h5-6,9,14H,4,7-8,10-11H2,1-3H3,(H2,19,20,21);1H. The minimum Gasteiger partial charge on any atom is -0.496 e. The molecule has 8 heteroatoms. The number of aliphatic imine (C=N–C) groups is 1. The molecule has 2 N–H and O–H groups in total. The highest BCUT2D eigenvalue weighted by atomic mass is 127. The number of piperidine rings is 1. The zero-order valence-corrected chi connectivity index (χ0v) is 17.9. The first-order valence-electron chi connectivity index (χ1n) is 8.14. The molecule has 1 aliphatic heterocycles. The quantitative estimate of drug-likeness (QED) is 0.386. The van der Waals surface area contributed by atoms with E-state index in [1.165, 1.54) is 0 Å². The van der Waals surface area contributed by atoms with Crippen LogP contribution in [0.4, 0.5) is 0 Å². The van der Waals surface area contributed by atoms with Crippen LogP contribution in [0.5, 0.6) is 5.75 Å². The van der Waals surface area contributed by atoms with E-state index in [0.29, 0.717) is 24.5 Å². The third-order valence-corrected chi connectivity index (χ3v) is 4.20. The summed E-state index contributed by atoms with van der Waals surface area (Å²) in [7, 11) is 3.45. The van der Waals surface area contributed by atoms with Gasteiger partial charge in [0.15, 0.2) is 5.96 Å². The van der Waals surface area contributed by atoms with Gasteiger partial charge in [0.25, 0.3) is 0 Å². The number of nitrogens with one attached hydrogen (secondary N) is 2. The number of hydrogen-bond acceptors (Lipinski definition) is 3. The summed E-state index contributed by atoms with van der Waals surface area (Å²) in [5.41, 5.74) is 0.968. The molecule has 1 atom stereocenters. The van der Waals surface area contributed by atoms with Crippen molar-refractivity contribution in [3.63, 3.8) is 0 Å². The van der Waals surface area contributed by atoms with Crippen LogP contribution in [0.25, 0.3) is 0 Å². The third kappa shape index (κ3) is 6.54. The lowest BCUT2D eigenvalue weighted by molar-refractivity contribution is -0.132. The fraction of sp³-hybridized carbons (Fsp3) is 0.529. The lowest BCUT2D eigenvalue weighted by Gasteiger charge is -2.31. The zero-order valence-electron chi connectivity index (χ0n) is 14.8. The monoisotopic (exact) mass is 480 g/mol. The van der Waals surface area contributed by atoms with E-state index >= 15 is 0 Å². The summed E-state index contributed by atoms with van der Waals surface area (Å²) in [4.78, 5) is 18.0. The Kier molecular flexibility index (Phi) is 9.34. The zero-order chi connectivity index (χ0) is 17.5. The van der Waals surface area contributed by atoms with Crippen LogP contribution in [0.1, 0.15) is 25.3 Å². The number of carbonyl (C=O) groups excluding carboxylic acids is 1. The highest BCUT2D eigenvalue weighted by Gasteiger charge is 2.23. The van der Waals surface area contributed by atoms with Crippen molar-refractivity contribution in [3.8, 4) is 5.75 Å². The Balaban J connectivity index is 0.00000312. The third-order valence-electron chi connectivity index (χ3n) is 3.97. The highest BCUT2D eigenvalue weighted by molar-refractivity contribution is 14.0. The molecule has 25 heavy (non-hydrogen) atoms. The number of likely N-dealkylation sites (N-methyl/N-ethyl adjacent to an activating group) is 1. The number of rotatable bonds is 5. The van der Waals surface area contributed by atoms with Crippen LogP contribution < -0.4 is 15.4 Å². The van der Waals surface area contributed by atoms with Crippen molar-refractivity contribution in [1.82, 2.24) is 15.5 Å². The van der Waals surface area contributed by atoms with Gasteiger partial charge in [-0.3, -0.25) is 4.79 Å². The number of carbonyl (C=O) groups is 1. The van der Waals surface area contributed by atoms with E-state index in [0.717, 1.165) is 30.2 Å². The maximum Gasteiger partial charge on any atom is 0.222 e. The number of halogens is 2. The van der Waals surface area contributed by atoms with Crippen LogP contribution in [-0.2, 0) is 11.3 Å². The minimum absolute atomic E-state index is 0. The number of nitrogens with zero attached hydrogens (tertiary/aromatic N) is 2. The van der Waals surface area contributed by atoms with Gasteiger partial charge in [-0.05, 0) is 25.5 Å². The number of methoxy groups -OCH3 is 1. The van der Waals surface area contributed by atoms with E-state index in [2.05, 4.69) is 15.6 Å². The molecule has 0 aromatic heterocycles. The Morgan fingerprint density at radius 2 is 2.24 bits per heavy atom. The Morgan fingerprint density at radius 1 is 1.48 bits per heavy atom. The van der Waals surface area contributed by atoms with Gasteiger partial charge in [-0.1, -0.05) is 17.7 Å². The first kappa shape index (κ1) is 21.8. The molecule has 1 fully saturated rings. The number of guanidine groups is 1. The summed E-state index contributed by atoms with van der Waals surface area (Å²) in [6.45, 7) is 3.96. The van der Waals surface area contributed by atoms with E-state index in [1.807, 2.05) is 26.1 Å². The molecule has 1 saturated heterocycles. The molecule has 1 unspecified atom stereocenters. The molecule has 0 spiro atoms. The number of hydrogen-bond donors (Lipinski definition) is 2. The maximum atomic E-state index is 11.6. The van der Waals surface area contributed by atoms with Gasteiger partial charge in [0.1, 0.15) is 5.75 Å². The Hall–Kier alpha value is -1.22. The summed E-state index contributed by atoms with van der Waals surface area (Å²) in [5, 5.41) is 7.29. The molecule has 2 rings (SSSR count). The van der Waals surface area contributed by atoms with Crippen molar-refractivity contribution in [2.24, 2.45) is 4.99 Å². The van der Waals surface area contributed by atoms with Crippen molar-refractivity contribution < 1.29 is 9.53 Å². The van der Waals surface area contributed by atoms with Crippen LogP contribution >= 0.6 is 35.6 Å². The number of likely N-dealkylation sites (tertiary alicyclic amines) is 1. The second-order valence-corrected chi connectivity index (χ2v) is 6.24. The Bertz CT molecular complexity index is 612. The van der Waals surface area contributed by atoms with Crippen molar-refractivity contribution in [2.75, 3.05) is 27.2 Å². The molecule has 0 bridgehead atoms. The minimum atomic E-state index is 0. The average Bonchev–Trinajstić information content (AvgIpc) is 2.57. The number of amides is 1. The van der Waals surface area contributed by atoms with Gasteiger partial charge in [-0.2, -0.15) is 0 Å². The topological polar surface area (TPSA) is 66.0 Å². The van der Waals surface area contributed by atoms with Crippen molar-refractivity contribution in [3.05, 3.63) is 28.8 Å². The van der Waals surface area contributed by atoms with Gasteiger partial charge < -0.3 is 20.3 Å². The summed E-state index contributed by atoms with van der Waals surface area (Å²) in [5.74, 6) is 1.66. The maximum absolute atomic E-state index is 11.6. The van der Waals surface area contributed by atoms with Crippen molar-refractivity contribution in [2.45, 2.75) is 32.4 Å². The number of benzene rings is 1. The van der Waals surface area contributed by atoms with Gasteiger partial charge in [0.2, 0.25) is 5.91 Å². The second kappa shape index (κ2) is 10.7. The fourth-order valence-corrected chi connectivity index (χ4v) is 2.82. The molecule has 1 aliphatic rings. The van der Waals surface area contributed by atoms with Gasteiger partial charge in [0.05, 0.1) is 13.7 Å². The molecule has 1 aromatic rings. The van der Waals surface area contributed by atoms with Crippen LogP contribution in [0.15, 0.2) is 23.2 Å². The van der Waals surface area contributed by atoms with Crippen LogP contribution in [-0.4, -0.2) is 50.1 Å². The summed E-state index contributed by atoms with van der Waals surface area (Å²) < 4.78 is 5.36. The van der Waals surface area contributed by atoms with E-state index in [9.17, 15) is 4.79 Å². The van der Waals surface area contributed by atoms with E-state index in [4.69, 9.17) is 16.3 Å². The normalized spacial score (nSPS) is 17.8. The first-order chi connectivity index (χ1) is 11.5. The van der Waals surface area contributed by atoms with Crippen LogP contribution in [0.2, 0.25) is 5.02 Å². The lowest BCUT2D eigenvalue weighted by Crippen LogP contribution is -2.51. The predicted molar refractivity (Wildman–Crippen MR) is 112 cm³/mol. The highest BCUT2D eigenvalue weighted by Crippen LogP contribution is 2.23. The molecular formula is C17H26ClIN4O2. The van der Waals surface area contributed by atoms with Gasteiger partial charge >= 0.3 is 0 Å². The van der Waals surface area contributed by atoms with Crippen LogP contribution in [0, 0.1) is 0 Å². The molecule has 140 valence electrons. The molecule has 6 nitrogen and oxygen atoms in total. The molecule has 0 aliphatic carbocycles. The smallest absolute Gasteiger partial charge is 0.222 e. The van der Waals surface area contributed by atoms with E-state index < -0.39 is 0 Å². The van der Waals surface area contributed by atoms with Gasteiger partial charge in [0, 0.05) is 43.2 Å². The fourth-order valence-electron chi connectivity index (χ4n) is 2.66. The molecule has 0 saturated carbocycles. The predicted octanol–water partition coefficient (Wildman–Crippen LogP) is 2.64. The molecule has 1 amide bonds. The summed E-state index contributed by atoms with van der Waals surface area (Å²) >= 11 is 5.99. The lowest BCUT2D eigenvalue weighted by atomic mass is 10.1. The average molecular weight is 481 g/mol. The summed E-state index contributed by atoms with van der Waals surface area (Å²) in [6, 6.07) is 5.74.